The number of aromatic nitrogens is 2. The maximum atomic E-state index is 8.78. The van der Waals surface area contributed by atoms with Gasteiger partial charge in [0.1, 0.15) is 17.5 Å². The Hall–Kier alpha value is -1.36. The van der Waals surface area contributed by atoms with E-state index in [0.717, 1.165) is 25.3 Å². The summed E-state index contributed by atoms with van der Waals surface area (Å²) in [5.74, 6) is 1.99. The molecular weight excluding hydrogens is 192 g/mol. The van der Waals surface area contributed by atoms with Crippen LogP contribution in [0, 0.1) is 6.92 Å². The number of hydrogen-bond acceptors (Lipinski definition) is 5. The zero-order valence-corrected chi connectivity index (χ0v) is 9.27. The van der Waals surface area contributed by atoms with Crippen molar-refractivity contribution >= 4 is 11.6 Å². The summed E-state index contributed by atoms with van der Waals surface area (Å²) < 4.78 is 0. The Kier molecular flexibility index (Phi) is 4.30. The summed E-state index contributed by atoms with van der Waals surface area (Å²) in [5, 5.41) is 8.78. The lowest BCUT2D eigenvalue weighted by atomic mass is 10.3. The predicted molar refractivity (Wildman–Crippen MR) is 60.8 cm³/mol. The van der Waals surface area contributed by atoms with Crippen molar-refractivity contribution in [1.82, 2.24) is 9.97 Å². The van der Waals surface area contributed by atoms with Gasteiger partial charge < -0.3 is 15.7 Å². The van der Waals surface area contributed by atoms with E-state index in [4.69, 9.17) is 10.8 Å². The molecule has 0 amide bonds. The largest absolute Gasteiger partial charge is 0.396 e. The fourth-order valence-corrected chi connectivity index (χ4v) is 1.43. The van der Waals surface area contributed by atoms with Crippen LogP contribution >= 0.6 is 0 Å². The summed E-state index contributed by atoms with van der Waals surface area (Å²) in [5.41, 5.74) is 5.65. The number of aryl methyl sites for hydroxylation is 1. The summed E-state index contributed by atoms with van der Waals surface area (Å²) >= 11 is 0. The standard InChI is InChI=1S/C10H18N4O/c1-3-14(5-4-6-15)10-7-9(11)12-8(2)13-10/h7,15H,3-6H2,1-2H3,(H2,11,12,13). The number of hydrogen-bond donors (Lipinski definition) is 2. The minimum Gasteiger partial charge on any atom is -0.396 e. The lowest BCUT2D eigenvalue weighted by Gasteiger charge is -2.21. The van der Waals surface area contributed by atoms with Crippen LogP contribution in [0.15, 0.2) is 6.07 Å². The summed E-state index contributed by atoms with van der Waals surface area (Å²) in [4.78, 5) is 10.4. The molecule has 0 fully saturated rings. The Bertz CT molecular complexity index is 296. The molecule has 0 atom stereocenters. The lowest BCUT2D eigenvalue weighted by Crippen LogP contribution is -2.26. The molecule has 0 unspecified atom stereocenters. The zero-order valence-electron chi connectivity index (χ0n) is 9.27. The SMILES string of the molecule is CCN(CCCO)c1cc(N)nc(C)n1. The number of nitrogen functional groups attached to an aromatic ring is 1. The maximum Gasteiger partial charge on any atom is 0.134 e. The number of rotatable bonds is 5. The van der Waals surface area contributed by atoms with Gasteiger partial charge in [0.05, 0.1) is 0 Å². The molecule has 0 aliphatic carbocycles. The van der Waals surface area contributed by atoms with Crippen molar-refractivity contribution < 1.29 is 5.11 Å². The lowest BCUT2D eigenvalue weighted by molar-refractivity contribution is 0.289. The Morgan fingerprint density at radius 3 is 2.73 bits per heavy atom. The molecule has 84 valence electrons. The van der Waals surface area contributed by atoms with Crippen molar-refractivity contribution in [3.8, 4) is 0 Å². The summed E-state index contributed by atoms with van der Waals surface area (Å²) in [7, 11) is 0. The fourth-order valence-electron chi connectivity index (χ4n) is 1.43. The smallest absolute Gasteiger partial charge is 0.134 e. The van der Waals surface area contributed by atoms with Gasteiger partial charge in [0.15, 0.2) is 0 Å². The van der Waals surface area contributed by atoms with Gasteiger partial charge in [-0.05, 0) is 20.3 Å². The van der Waals surface area contributed by atoms with Crippen LogP contribution in [0.25, 0.3) is 0 Å². The van der Waals surface area contributed by atoms with Crippen LogP contribution < -0.4 is 10.6 Å². The Morgan fingerprint density at radius 1 is 1.47 bits per heavy atom. The minimum absolute atomic E-state index is 0.191. The molecule has 0 radical (unpaired) electrons. The fraction of sp³-hybridized carbons (Fsp3) is 0.600. The Labute approximate surface area is 90.0 Å². The van der Waals surface area contributed by atoms with Crippen molar-refractivity contribution in [3.05, 3.63) is 11.9 Å². The summed E-state index contributed by atoms with van der Waals surface area (Å²) in [6.45, 7) is 5.68. The highest BCUT2D eigenvalue weighted by molar-refractivity contribution is 5.46. The molecule has 0 aliphatic rings. The van der Waals surface area contributed by atoms with E-state index in [-0.39, 0.29) is 6.61 Å². The van der Waals surface area contributed by atoms with Crippen LogP contribution in [0.4, 0.5) is 11.6 Å². The highest BCUT2D eigenvalue weighted by Gasteiger charge is 2.07. The van der Waals surface area contributed by atoms with Crippen LogP contribution in [0.3, 0.4) is 0 Å². The van der Waals surface area contributed by atoms with Crippen LogP contribution in [0.2, 0.25) is 0 Å². The van der Waals surface area contributed by atoms with Gasteiger partial charge in [0.2, 0.25) is 0 Å². The maximum absolute atomic E-state index is 8.78. The number of aliphatic hydroxyl groups is 1. The van der Waals surface area contributed by atoms with E-state index >= 15 is 0 Å². The van der Waals surface area contributed by atoms with E-state index in [9.17, 15) is 0 Å². The quantitative estimate of drug-likeness (QED) is 0.743. The molecule has 0 saturated carbocycles. The van der Waals surface area contributed by atoms with Gasteiger partial charge in [-0.3, -0.25) is 0 Å². The van der Waals surface area contributed by atoms with E-state index in [1.807, 2.05) is 13.8 Å². The number of aliphatic hydroxyl groups excluding tert-OH is 1. The normalized spacial score (nSPS) is 10.3. The summed E-state index contributed by atoms with van der Waals surface area (Å²) in [6.07, 6.45) is 0.733. The Balaban J connectivity index is 2.81. The second-order valence-corrected chi connectivity index (χ2v) is 3.36. The number of nitrogens with zero attached hydrogens (tertiary/aromatic N) is 3. The molecule has 0 aliphatic heterocycles. The molecular formula is C10H18N4O. The van der Waals surface area contributed by atoms with Gasteiger partial charge in [-0.2, -0.15) is 0 Å². The second-order valence-electron chi connectivity index (χ2n) is 3.36. The molecule has 1 heterocycles. The average molecular weight is 210 g/mol. The molecule has 1 aromatic heterocycles. The van der Waals surface area contributed by atoms with Crippen molar-refractivity contribution in [2.75, 3.05) is 30.3 Å². The highest BCUT2D eigenvalue weighted by atomic mass is 16.3. The third-order valence-electron chi connectivity index (χ3n) is 2.14. The molecule has 0 bridgehead atoms. The predicted octanol–water partition coefficient (Wildman–Crippen LogP) is 0.576. The first-order chi connectivity index (χ1) is 7.17. The van der Waals surface area contributed by atoms with Crippen molar-refractivity contribution in [3.63, 3.8) is 0 Å². The molecule has 15 heavy (non-hydrogen) atoms. The van der Waals surface area contributed by atoms with Crippen LogP contribution in [-0.4, -0.2) is 34.8 Å². The van der Waals surface area contributed by atoms with Crippen LogP contribution in [0.1, 0.15) is 19.2 Å². The van der Waals surface area contributed by atoms with Gasteiger partial charge in [0, 0.05) is 25.8 Å². The van der Waals surface area contributed by atoms with Gasteiger partial charge in [-0.25, -0.2) is 9.97 Å². The van der Waals surface area contributed by atoms with Crippen LogP contribution in [-0.2, 0) is 0 Å². The molecule has 0 saturated heterocycles. The first kappa shape index (κ1) is 11.7. The molecule has 3 N–H and O–H groups in total. The molecule has 5 heteroatoms. The van der Waals surface area contributed by atoms with Gasteiger partial charge in [-0.1, -0.05) is 0 Å². The molecule has 5 nitrogen and oxygen atoms in total. The number of anilines is 2. The van der Waals surface area contributed by atoms with Crippen molar-refractivity contribution in [2.24, 2.45) is 0 Å². The monoisotopic (exact) mass is 210 g/mol. The average Bonchev–Trinajstić information content (AvgIpc) is 2.17. The van der Waals surface area contributed by atoms with E-state index in [1.54, 1.807) is 6.07 Å². The molecule has 0 spiro atoms. The van der Waals surface area contributed by atoms with Crippen molar-refractivity contribution in [2.45, 2.75) is 20.3 Å². The molecule has 0 aromatic carbocycles. The van der Waals surface area contributed by atoms with Gasteiger partial charge >= 0.3 is 0 Å². The third kappa shape index (κ3) is 3.36. The molecule has 1 rings (SSSR count). The van der Waals surface area contributed by atoms with Crippen molar-refractivity contribution in [1.29, 1.82) is 0 Å². The van der Waals surface area contributed by atoms with E-state index in [1.165, 1.54) is 0 Å². The first-order valence-corrected chi connectivity index (χ1v) is 5.14. The second kappa shape index (κ2) is 5.50. The van der Waals surface area contributed by atoms with E-state index < -0.39 is 0 Å². The van der Waals surface area contributed by atoms with Gasteiger partial charge in [-0.15, -0.1) is 0 Å². The Morgan fingerprint density at radius 2 is 2.20 bits per heavy atom. The van der Waals surface area contributed by atoms with E-state index in [0.29, 0.717) is 11.6 Å². The van der Waals surface area contributed by atoms with Gasteiger partial charge in [0.25, 0.3) is 0 Å². The van der Waals surface area contributed by atoms with E-state index in [2.05, 4.69) is 14.9 Å². The zero-order chi connectivity index (χ0) is 11.3. The number of nitrogens with two attached hydrogens (primary N) is 1. The highest BCUT2D eigenvalue weighted by Crippen LogP contribution is 2.13. The summed E-state index contributed by atoms with van der Waals surface area (Å²) in [6, 6.07) is 1.76. The minimum atomic E-state index is 0.191. The third-order valence-corrected chi connectivity index (χ3v) is 2.14. The first-order valence-electron chi connectivity index (χ1n) is 5.14. The van der Waals surface area contributed by atoms with Crippen LogP contribution in [0.5, 0.6) is 0 Å². The molecule has 1 aromatic rings. The topological polar surface area (TPSA) is 75.3 Å².